The van der Waals surface area contributed by atoms with Crippen LogP contribution in [0.1, 0.15) is 140 Å². The first-order valence-corrected chi connectivity index (χ1v) is 15.8. The maximum atomic E-state index is 12.6. The van der Waals surface area contributed by atoms with Crippen LogP contribution in [0, 0.1) is 33.5 Å². The van der Waals surface area contributed by atoms with Gasteiger partial charge in [-0.2, -0.15) is 12.6 Å². The van der Waals surface area contributed by atoms with E-state index in [9.17, 15) is 9.90 Å². The van der Waals surface area contributed by atoms with Gasteiger partial charge in [-0.25, -0.2) is 0 Å². The molecule has 218 valence electrons. The van der Waals surface area contributed by atoms with Crippen LogP contribution in [0.5, 0.6) is 0 Å². The zero-order valence-electron chi connectivity index (χ0n) is 26.2. The van der Waals surface area contributed by atoms with Gasteiger partial charge in [-0.1, -0.05) is 127 Å². The second-order valence-corrected chi connectivity index (χ2v) is 15.2. The highest BCUT2D eigenvalue weighted by Gasteiger charge is 2.60. The minimum absolute atomic E-state index is 0.0916. The Morgan fingerprint density at radius 3 is 1.86 bits per heavy atom. The molecule has 4 heteroatoms. The quantitative estimate of drug-likeness (QED) is 0.0944. The summed E-state index contributed by atoms with van der Waals surface area (Å²) < 4.78 is 5.65. The van der Waals surface area contributed by atoms with Gasteiger partial charge in [-0.3, -0.25) is 4.79 Å². The molecular weight excluding hydrogens is 476 g/mol. The lowest BCUT2D eigenvalue weighted by Gasteiger charge is -2.61. The van der Waals surface area contributed by atoms with Gasteiger partial charge in [0.1, 0.15) is 6.61 Å². The number of rotatable bonds is 15. The number of thiol groups is 1. The Morgan fingerprint density at radius 1 is 0.919 bits per heavy atom. The number of aliphatic hydroxyl groups excluding tert-OH is 1. The summed E-state index contributed by atoms with van der Waals surface area (Å²) in [6.07, 6.45) is 14.3. The molecule has 1 aliphatic carbocycles. The maximum Gasteiger partial charge on any atom is 0.315 e. The fraction of sp³-hybridized carbons (Fsp3) is 0.909. The Labute approximate surface area is 236 Å². The lowest BCUT2D eigenvalue weighted by molar-refractivity contribution is -0.159. The van der Waals surface area contributed by atoms with Crippen LogP contribution in [0.25, 0.3) is 0 Å². The van der Waals surface area contributed by atoms with Crippen molar-refractivity contribution in [2.45, 2.75) is 146 Å². The molecule has 0 saturated carbocycles. The molecule has 3 unspecified atom stereocenters. The largest absolute Gasteiger partial charge is 0.461 e. The average Bonchev–Trinajstić information content (AvgIpc) is 2.77. The third-order valence-electron chi connectivity index (χ3n) is 9.23. The van der Waals surface area contributed by atoms with Gasteiger partial charge in [0.05, 0.1) is 11.9 Å². The van der Waals surface area contributed by atoms with E-state index in [0.717, 1.165) is 43.9 Å². The molecule has 0 aromatic carbocycles. The second-order valence-electron chi connectivity index (χ2n) is 14.9. The zero-order chi connectivity index (χ0) is 28.5. The molecule has 0 spiro atoms. The van der Waals surface area contributed by atoms with Crippen molar-refractivity contribution in [2.24, 2.45) is 33.5 Å². The highest BCUT2D eigenvalue weighted by atomic mass is 32.1. The summed E-state index contributed by atoms with van der Waals surface area (Å²) in [4.78, 5) is 12.1. The predicted octanol–water partition coefficient (Wildman–Crippen LogP) is 9.43. The third kappa shape index (κ3) is 9.59. The van der Waals surface area contributed by atoms with Crippen molar-refractivity contribution in [1.29, 1.82) is 0 Å². The van der Waals surface area contributed by atoms with Gasteiger partial charge in [0, 0.05) is 10.8 Å². The second kappa shape index (κ2) is 14.8. The number of unbranched alkanes of at least 4 members (excludes halogenated alkanes) is 4. The Morgan fingerprint density at radius 2 is 1.43 bits per heavy atom. The van der Waals surface area contributed by atoms with Crippen molar-refractivity contribution in [3.05, 3.63) is 11.6 Å². The molecule has 37 heavy (non-hydrogen) atoms. The van der Waals surface area contributed by atoms with E-state index in [4.69, 9.17) is 4.74 Å². The first kappa shape index (κ1) is 34.5. The van der Waals surface area contributed by atoms with Gasteiger partial charge in [0.15, 0.2) is 0 Å². The number of aliphatic hydroxyl groups is 1. The summed E-state index contributed by atoms with van der Waals surface area (Å²) in [6, 6.07) is 0. The SMILES string of the molecule is CC(C)CCCCCC1(C(C)(C)C)C=C(COC(=O)CS)CC(CCCCCC(C)C)(C(C)(C)C)C1O. The Hall–Kier alpha value is -0.480. The Balaban J connectivity index is 3.43. The molecule has 0 saturated heterocycles. The first-order valence-electron chi connectivity index (χ1n) is 15.2. The molecule has 0 aromatic rings. The molecule has 3 atom stereocenters. The highest BCUT2D eigenvalue weighted by Crippen LogP contribution is 2.63. The van der Waals surface area contributed by atoms with Gasteiger partial charge >= 0.3 is 5.97 Å². The zero-order valence-corrected chi connectivity index (χ0v) is 27.1. The summed E-state index contributed by atoms with van der Waals surface area (Å²) in [5.41, 5.74) is 0.322. The molecule has 0 heterocycles. The molecule has 0 aliphatic heterocycles. The number of hydrogen-bond acceptors (Lipinski definition) is 4. The fourth-order valence-electron chi connectivity index (χ4n) is 6.60. The number of carbonyl (C=O) groups is 1. The van der Waals surface area contributed by atoms with Crippen LogP contribution in [-0.4, -0.2) is 29.5 Å². The summed E-state index contributed by atoms with van der Waals surface area (Å²) in [5, 5.41) is 12.6. The van der Waals surface area contributed by atoms with Crippen molar-refractivity contribution in [3.8, 4) is 0 Å². The van der Waals surface area contributed by atoms with Gasteiger partial charge in [0.25, 0.3) is 0 Å². The fourth-order valence-corrected chi connectivity index (χ4v) is 6.69. The van der Waals surface area contributed by atoms with E-state index in [1.807, 2.05) is 0 Å². The standard InChI is InChI=1S/C33H62O3S/c1-25(2)17-13-11-15-19-32(30(5,6)7)21-27(23-36-28(34)24-37)22-33(29(32)35,31(8,9)10)20-16-12-14-18-26(3)4/h21,25-26,29,35,37H,11-20,22-24H2,1-10H3. The summed E-state index contributed by atoms with van der Waals surface area (Å²) in [5.74, 6) is 1.28. The first-order chi connectivity index (χ1) is 17.0. The van der Waals surface area contributed by atoms with Crippen molar-refractivity contribution in [2.75, 3.05) is 12.4 Å². The monoisotopic (exact) mass is 538 g/mol. The van der Waals surface area contributed by atoms with E-state index >= 15 is 0 Å². The molecule has 0 fully saturated rings. The van der Waals surface area contributed by atoms with Crippen LogP contribution in [0.3, 0.4) is 0 Å². The minimum Gasteiger partial charge on any atom is -0.461 e. The lowest BCUT2D eigenvalue weighted by Crippen LogP contribution is -2.60. The molecule has 1 rings (SSSR count). The molecule has 0 radical (unpaired) electrons. The molecule has 1 N–H and O–H groups in total. The topological polar surface area (TPSA) is 46.5 Å². The van der Waals surface area contributed by atoms with Crippen LogP contribution < -0.4 is 0 Å². The maximum absolute atomic E-state index is 12.6. The average molecular weight is 539 g/mol. The van der Waals surface area contributed by atoms with E-state index < -0.39 is 6.10 Å². The summed E-state index contributed by atoms with van der Waals surface area (Å²) >= 11 is 4.11. The number of carbonyl (C=O) groups excluding carboxylic acids is 1. The molecule has 3 nitrogen and oxygen atoms in total. The summed E-state index contributed by atoms with van der Waals surface area (Å²) in [6.45, 7) is 23.3. The van der Waals surface area contributed by atoms with Gasteiger partial charge < -0.3 is 9.84 Å². The predicted molar refractivity (Wildman–Crippen MR) is 163 cm³/mol. The van der Waals surface area contributed by atoms with Crippen LogP contribution in [0.15, 0.2) is 11.6 Å². The smallest absolute Gasteiger partial charge is 0.315 e. The minimum atomic E-state index is -0.445. The molecule has 0 amide bonds. The Kier molecular flexibility index (Phi) is 13.8. The van der Waals surface area contributed by atoms with Crippen LogP contribution in [0.2, 0.25) is 0 Å². The van der Waals surface area contributed by atoms with Crippen LogP contribution in [-0.2, 0) is 9.53 Å². The third-order valence-corrected chi connectivity index (χ3v) is 9.49. The van der Waals surface area contributed by atoms with Crippen LogP contribution >= 0.6 is 12.6 Å². The van der Waals surface area contributed by atoms with Crippen molar-refractivity contribution >= 4 is 18.6 Å². The van der Waals surface area contributed by atoms with Gasteiger partial charge in [-0.05, 0) is 47.5 Å². The van der Waals surface area contributed by atoms with Crippen molar-refractivity contribution in [1.82, 2.24) is 0 Å². The molecule has 0 aromatic heterocycles. The van der Waals surface area contributed by atoms with Gasteiger partial charge in [-0.15, -0.1) is 0 Å². The van der Waals surface area contributed by atoms with Crippen molar-refractivity contribution in [3.63, 3.8) is 0 Å². The molecule has 1 aliphatic rings. The molecule has 0 bridgehead atoms. The number of ether oxygens (including phenoxy) is 1. The highest BCUT2D eigenvalue weighted by molar-refractivity contribution is 7.81. The van der Waals surface area contributed by atoms with E-state index in [1.165, 1.54) is 44.1 Å². The van der Waals surface area contributed by atoms with E-state index in [0.29, 0.717) is 6.61 Å². The van der Waals surface area contributed by atoms with Crippen LogP contribution in [0.4, 0.5) is 0 Å². The Bertz CT molecular complexity index is 712. The van der Waals surface area contributed by atoms with E-state index in [2.05, 4.69) is 87.9 Å². The lowest BCUT2D eigenvalue weighted by atomic mass is 9.45. The van der Waals surface area contributed by atoms with Crippen molar-refractivity contribution < 1.29 is 14.6 Å². The van der Waals surface area contributed by atoms with E-state index in [1.54, 1.807) is 0 Å². The summed E-state index contributed by atoms with van der Waals surface area (Å²) in [7, 11) is 0. The normalized spacial score (nSPS) is 25.0. The number of hydrogen-bond donors (Lipinski definition) is 2. The molecular formula is C33H62O3S. The van der Waals surface area contributed by atoms with E-state index in [-0.39, 0.29) is 33.4 Å². The van der Waals surface area contributed by atoms with Gasteiger partial charge in [0.2, 0.25) is 0 Å². The number of esters is 1.